The van der Waals surface area contributed by atoms with Gasteiger partial charge in [0.1, 0.15) is 5.75 Å². The minimum absolute atomic E-state index is 0.0853. The molecule has 0 heterocycles. The quantitative estimate of drug-likeness (QED) is 0.873. The van der Waals surface area contributed by atoms with Crippen LogP contribution in [0, 0.1) is 0 Å². The summed E-state index contributed by atoms with van der Waals surface area (Å²) in [5, 5.41) is 2.81. The zero-order chi connectivity index (χ0) is 12.8. The highest BCUT2D eigenvalue weighted by Gasteiger charge is 2.11. The second kappa shape index (κ2) is 6.61. The van der Waals surface area contributed by atoms with Crippen molar-refractivity contribution in [3.8, 4) is 5.75 Å². The maximum Gasteiger partial charge on any atom is 0.255 e. The van der Waals surface area contributed by atoms with Gasteiger partial charge in [-0.1, -0.05) is 15.9 Å². The maximum atomic E-state index is 11.9. The summed E-state index contributed by atoms with van der Waals surface area (Å²) in [4.78, 5) is 11.9. The van der Waals surface area contributed by atoms with Crippen molar-refractivity contribution in [2.24, 2.45) is 5.73 Å². The number of hydrogen-bond acceptors (Lipinski definition) is 3. The van der Waals surface area contributed by atoms with Crippen molar-refractivity contribution in [1.82, 2.24) is 5.32 Å². The van der Waals surface area contributed by atoms with E-state index in [-0.39, 0.29) is 11.9 Å². The molecule has 1 aromatic rings. The Balaban J connectivity index is 2.68. The fourth-order valence-corrected chi connectivity index (χ4v) is 1.70. The molecule has 0 aliphatic rings. The van der Waals surface area contributed by atoms with E-state index < -0.39 is 0 Å². The Bertz CT molecular complexity index is 394. The van der Waals surface area contributed by atoms with Crippen LogP contribution in [0.25, 0.3) is 0 Å². The van der Waals surface area contributed by atoms with Gasteiger partial charge in [-0.25, -0.2) is 0 Å². The lowest BCUT2D eigenvalue weighted by atomic mass is 10.2. The van der Waals surface area contributed by atoms with Crippen molar-refractivity contribution < 1.29 is 9.53 Å². The number of carbonyl (C=O) groups excluding carboxylic acids is 1. The second-order valence-corrected chi connectivity index (χ2v) is 4.78. The fraction of sp³-hybridized carbons (Fsp3) is 0.417. The first kappa shape index (κ1) is 14.0. The van der Waals surface area contributed by atoms with Crippen LogP contribution in [0.15, 0.2) is 22.7 Å². The first-order valence-electron chi connectivity index (χ1n) is 5.42. The molecule has 1 atom stereocenters. The minimum Gasteiger partial charge on any atom is -0.496 e. The van der Waals surface area contributed by atoms with Crippen LogP contribution in [0.4, 0.5) is 0 Å². The third-order valence-electron chi connectivity index (χ3n) is 2.29. The summed E-state index contributed by atoms with van der Waals surface area (Å²) in [7, 11) is 1.54. The van der Waals surface area contributed by atoms with E-state index in [2.05, 4.69) is 21.2 Å². The van der Waals surface area contributed by atoms with Gasteiger partial charge in [-0.3, -0.25) is 4.79 Å². The summed E-state index contributed by atoms with van der Waals surface area (Å²) in [5.74, 6) is 0.410. The molecule has 17 heavy (non-hydrogen) atoms. The van der Waals surface area contributed by atoms with Gasteiger partial charge in [0.15, 0.2) is 0 Å². The molecule has 1 aromatic carbocycles. The smallest absolute Gasteiger partial charge is 0.255 e. The molecule has 1 amide bonds. The molecule has 5 heteroatoms. The number of halogens is 1. The van der Waals surface area contributed by atoms with E-state index in [9.17, 15) is 4.79 Å². The second-order valence-electron chi connectivity index (χ2n) is 3.87. The molecular weight excluding hydrogens is 284 g/mol. The number of carbonyl (C=O) groups is 1. The molecule has 1 unspecified atom stereocenters. The molecule has 0 saturated heterocycles. The Morgan fingerprint density at radius 3 is 2.88 bits per heavy atom. The van der Waals surface area contributed by atoms with Crippen LogP contribution >= 0.6 is 15.9 Å². The van der Waals surface area contributed by atoms with Crippen molar-refractivity contribution in [2.75, 3.05) is 13.7 Å². The van der Waals surface area contributed by atoms with Crippen molar-refractivity contribution in [3.05, 3.63) is 28.2 Å². The highest BCUT2D eigenvalue weighted by Crippen LogP contribution is 2.23. The summed E-state index contributed by atoms with van der Waals surface area (Å²) in [6.45, 7) is 2.47. The van der Waals surface area contributed by atoms with Crippen LogP contribution < -0.4 is 15.8 Å². The Kier molecular flexibility index (Phi) is 5.44. The average Bonchev–Trinajstić information content (AvgIpc) is 2.28. The Morgan fingerprint density at radius 2 is 2.29 bits per heavy atom. The number of methoxy groups -OCH3 is 1. The highest BCUT2D eigenvalue weighted by atomic mass is 79.9. The molecule has 3 N–H and O–H groups in total. The first-order chi connectivity index (χ1) is 8.04. The van der Waals surface area contributed by atoms with Crippen molar-refractivity contribution in [2.45, 2.75) is 19.4 Å². The lowest BCUT2D eigenvalue weighted by Crippen LogP contribution is -2.29. The van der Waals surface area contributed by atoms with Gasteiger partial charge in [0.2, 0.25) is 0 Å². The van der Waals surface area contributed by atoms with Crippen LogP contribution in [0.5, 0.6) is 5.75 Å². The number of nitrogens with two attached hydrogens (primary N) is 1. The zero-order valence-corrected chi connectivity index (χ0v) is 11.6. The van der Waals surface area contributed by atoms with Crippen LogP contribution in [0.2, 0.25) is 0 Å². The molecule has 0 aliphatic carbocycles. The number of amides is 1. The van der Waals surface area contributed by atoms with E-state index in [1.54, 1.807) is 19.2 Å². The molecule has 94 valence electrons. The predicted molar refractivity (Wildman–Crippen MR) is 71.3 cm³/mol. The molecular formula is C12H17BrN2O2. The topological polar surface area (TPSA) is 64.3 Å². The summed E-state index contributed by atoms with van der Waals surface area (Å²) >= 11 is 3.33. The maximum absolute atomic E-state index is 11.9. The van der Waals surface area contributed by atoms with E-state index in [1.807, 2.05) is 13.0 Å². The molecule has 0 spiro atoms. The SMILES string of the molecule is COc1cc(Br)ccc1C(=O)NCCC(C)N. The third-order valence-corrected chi connectivity index (χ3v) is 2.79. The van der Waals surface area contributed by atoms with E-state index in [0.29, 0.717) is 17.9 Å². The van der Waals surface area contributed by atoms with E-state index in [0.717, 1.165) is 10.9 Å². The lowest BCUT2D eigenvalue weighted by molar-refractivity contribution is 0.0950. The molecule has 0 aliphatic heterocycles. The van der Waals surface area contributed by atoms with Gasteiger partial charge in [0.25, 0.3) is 5.91 Å². The van der Waals surface area contributed by atoms with Crippen LogP contribution in [0.3, 0.4) is 0 Å². The van der Waals surface area contributed by atoms with Gasteiger partial charge in [0, 0.05) is 17.1 Å². The molecule has 0 bridgehead atoms. The van der Waals surface area contributed by atoms with Crippen molar-refractivity contribution >= 4 is 21.8 Å². The number of benzene rings is 1. The lowest BCUT2D eigenvalue weighted by Gasteiger charge is -2.10. The van der Waals surface area contributed by atoms with Gasteiger partial charge in [0.05, 0.1) is 12.7 Å². The van der Waals surface area contributed by atoms with Gasteiger partial charge in [-0.05, 0) is 31.5 Å². The van der Waals surface area contributed by atoms with Crippen LogP contribution in [-0.2, 0) is 0 Å². The first-order valence-corrected chi connectivity index (χ1v) is 6.21. The average molecular weight is 301 g/mol. The van der Waals surface area contributed by atoms with Crippen molar-refractivity contribution in [3.63, 3.8) is 0 Å². The van der Waals surface area contributed by atoms with Gasteiger partial charge < -0.3 is 15.8 Å². The number of nitrogens with one attached hydrogen (secondary N) is 1. The Hall–Kier alpha value is -1.07. The highest BCUT2D eigenvalue weighted by molar-refractivity contribution is 9.10. The zero-order valence-electron chi connectivity index (χ0n) is 10.00. The largest absolute Gasteiger partial charge is 0.496 e. The van der Waals surface area contributed by atoms with E-state index >= 15 is 0 Å². The normalized spacial score (nSPS) is 12.0. The number of ether oxygens (including phenoxy) is 1. The Morgan fingerprint density at radius 1 is 1.59 bits per heavy atom. The Labute approximate surface area is 110 Å². The summed E-state index contributed by atoms with van der Waals surface area (Å²) in [5.41, 5.74) is 6.14. The number of hydrogen-bond donors (Lipinski definition) is 2. The minimum atomic E-state index is -0.144. The fourth-order valence-electron chi connectivity index (χ4n) is 1.36. The molecule has 0 radical (unpaired) electrons. The van der Waals surface area contributed by atoms with Gasteiger partial charge in [-0.2, -0.15) is 0 Å². The third kappa shape index (κ3) is 4.36. The molecule has 1 rings (SSSR count). The summed E-state index contributed by atoms with van der Waals surface area (Å²) in [6, 6.07) is 5.38. The molecule has 0 aromatic heterocycles. The predicted octanol–water partition coefficient (Wildman–Crippen LogP) is 1.92. The van der Waals surface area contributed by atoms with Crippen LogP contribution in [0.1, 0.15) is 23.7 Å². The van der Waals surface area contributed by atoms with E-state index in [1.165, 1.54) is 0 Å². The summed E-state index contributed by atoms with van der Waals surface area (Å²) in [6.07, 6.45) is 0.755. The standard InChI is InChI=1S/C12H17BrN2O2/c1-8(14)5-6-15-12(16)10-4-3-9(13)7-11(10)17-2/h3-4,7-8H,5-6,14H2,1-2H3,(H,15,16). The monoisotopic (exact) mass is 300 g/mol. The van der Waals surface area contributed by atoms with Gasteiger partial charge >= 0.3 is 0 Å². The molecule has 4 nitrogen and oxygen atoms in total. The molecule has 0 fully saturated rings. The van der Waals surface area contributed by atoms with Gasteiger partial charge in [-0.15, -0.1) is 0 Å². The van der Waals surface area contributed by atoms with Crippen molar-refractivity contribution in [1.29, 1.82) is 0 Å². The summed E-state index contributed by atoms with van der Waals surface area (Å²) < 4.78 is 6.04. The van der Waals surface area contributed by atoms with E-state index in [4.69, 9.17) is 10.5 Å². The van der Waals surface area contributed by atoms with Crippen LogP contribution in [-0.4, -0.2) is 25.6 Å². The molecule has 0 saturated carbocycles. The number of rotatable bonds is 5.